The lowest BCUT2D eigenvalue weighted by Crippen LogP contribution is -2.04. The van der Waals surface area contributed by atoms with Gasteiger partial charge in [0.15, 0.2) is 0 Å². The molecular formula is C14H13Cl2N3. The van der Waals surface area contributed by atoms with E-state index >= 15 is 0 Å². The fraction of sp³-hybridized carbons (Fsp3) is 0.214. The van der Waals surface area contributed by atoms with Crippen LogP contribution in [0.15, 0.2) is 36.7 Å². The van der Waals surface area contributed by atoms with Crippen LogP contribution in [0.1, 0.15) is 5.69 Å². The molecule has 0 spiro atoms. The van der Waals surface area contributed by atoms with Gasteiger partial charge >= 0.3 is 0 Å². The first-order valence-corrected chi connectivity index (χ1v) is 6.81. The highest BCUT2D eigenvalue weighted by atomic mass is 35.5. The van der Waals surface area contributed by atoms with Gasteiger partial charge in [-0.25, -0.2) is 0 Å². The fourth-order valence-electron chi connectivity index (χ4n) is 2.30. The molecule has 0 radical (unpaired) electrons. The number of aromatic nitrogens is 3. The Hall–Kier alpha value is -1.45. The first-order chi connectivity index (χ1) is 9.15. The maximum absolute atomic E-state index is 6.19. The van der Waals surface area contributed by atoms with Crippen molar-refractivity contribution >= 4 is 34.1 Å². The maximum Gasteiger partial charge on any atom is 0.0514 e. The Labute approximate surface area is 121 Å². The predicted molar refractivity (Wildman–Crippen MR) is 78.9 cm³/mol. The largest absolute Gasteiger partial charge is 0.347 e. The molecule has 0 aliphatic carbocycles. The smallest absolute Gasteiger partial charge is 0.0514 e. The van der Waals surface area contributed by atoms with Gasteiger partial charge in [-0.2, -0.15) is 5.10 Å². The predicted octanol–water partition coefficient (Wildman–Crippen LogP) is 3.92. The number of aryl methyl sites for hydroxylation is 3. The first kappa shape index (κ1) is 12.6. The third-order valence-electron chi connectivity index (χ3n) is 3.33. The van der Waals surface area contributed by atoms with Crippen LogP contribution >= 0.6 is 23.2 Å². The van der Waals surface area contributed by atoms with Crippen LogP contribution in [0.5, 0.6) is 0 Å². The van der Waals surface area contributed by atoms with Gasteiger partial charge in [-0.05, 0) is 24.3 Å². The van der Waals surface area contributed by atoms with Gasteiger partial charge in [0.2, 0.25) is 0 Å². The second-order valence-corrected chi connectivity index (χ2v) is 5.37. The van der Waals surface area contributed by atoms with E-state index in [0.29, 0.717) is 10.0 Å². The Bertz CT molecular complexity index is 727. The van der Waals surface area contributed by atoms with Crippen LogP contribution in [0.3, 0.4) is 0 Å². The summed E-state index contributed by atoms with van der Waals surface area (Å²) in [7, 11) is 1.96. The minimum Gasteiger partial charge on any atom is -0.347 e. The van der Waals surface area contributed by atoms with Gasteiger partial charge < -0.3 is 4.57 Å². The van der Waals surface area contributed by atoms with Crippen molar-refractivity contribution in [2.75, 3.05) is 0 Å². The molecule has 0 aliphatic heterocycles. The molecule has 3 nitrogen and oxygen atoms in total. The summed E-state index contributed by atoms with van der Waals surface area (Å²) < 4.78 is 4.06. The molecule has 19 heavy (non-hydrogen) atoms. The molecule has 1 aromatic carbocycles. The summed E-state index contributed by atoms with van der Waals surface area (Å²) in [5.41, 5.74) is 2.27. The molecule has 0 unspecified atom stereocenters. The van der Waals surface area contributed by atoms with Crippen molar-refractivity contribution in [2.24, 2.45) is 7.05 Å². The van der Waals surface area contributed by atoms with E-state index in [4.69, 9.17) is 23.2 Å². The highest BCUT2D eigenvalue weighted by Crippen LogP contribution is 2.28. The molecule has 0 aliphatic rings. The van der Waals surface area contributed by atoms with Crippen molar-refractivity contribution in [1.82, 2.24) is 14.3 Å². The first-order valence-electron chi connectivity index (χ1n) is 6.06. The van der Waals surface area contributed by atoms with Gasteiger partial charge in [0, 0.05) is 48.5 Å². The molecule has 5 heteroatoms. The van der Waals surface area contributed by atoms with Crippen molar-refractivity contribution in [1.29, 1.82) is 0 Å². The van der Waals surface area contributed by atoms with E-state index < -0.39 is 0 Å². The zero-order valence-electron chi connectivity index (χ0n) is 10.5. The minimum atomic E-state index is 0.665. The fourth-order valence-corrected chi connectivity index (χ4v) is 2.84. The lowest BCUT2D eigenvalue weighted by atomic mass is 10.2. The molecule has 0 saturated heterocycles. The van der Waals surface area contributed by atoms with Crippen LogP contribution < -0.4 is 0 Å². The van der Waals surface area contributed by atoms with E-state index in [-0.39, 0.29) is 0 Å². The lowest BCUT2D eigenvalue weighted by Gasteiger charge is -2.07. The zero-order valence-corrected chi connectivity index (χ0v) is 12.0. The maximum atomic E-state index is 6.19. The molecule has 3 aromatic rings. The Morgan fingerprint density at radius 2 is 2.05 bits per heavy atom. The highest BCUT2D eigenvalue weighted by molar-refractivity contribution is 6.38. The van der Waals surface area contributed by atoms with Crippen LogP contribution in [0, 0.1) is 0 Å². The average molecular weight is 294 g/mol. The van der Waals surface area contributed by atoms with Crippen LogP contribution in [0.25, 0.3) is 10.9 Å². The van der Waals surface area contributed by atoms with Crippen LogP contribution in [-0.4, -0.2) is 14.3 Å². The van der Waals surface area contributed by atoms with Crippen molar-refractivity contribution in [3.05, 3.63) is 52.4 Å². The third-order valence-corrected chi connectivity index (χ3v) is 3.87. The summed E-state index contributed by atoms with van der Waals surface area (Å²) in [6, 6.07) is 7.78. The van der Waals surface area contributed by atoms with E-state index in [0.717, 1.165) is 23.9 Å². The number of benzene rings is 1. The van der Waals surface area contributed by atoms with Crippen molar-refractivity contribution in [3.8, 4) is 0 Å². The quantitative estimate of drug-likeness (QED) is 0.718. The van der Waals surface area contributed by atoms with Crippen LogP contribution in [-0.2, 0) is 20.0 Å². The average Bonchev–Trinajstić information content (AvgIpc) is 2.93. The van der Waals surface area contributed by atoms with E-state index in [9.17, 15) is 0 Å². The molecule has 0 atom stereocenters. The summed E-state index contributed by atoms with van der Waals surface area (Å²) in [4.78, 5) is 0. The molecule has 0 fully saturated rings. The van der Waals surface area contributed by atoms with E-state index in [1.54, 1.807) is 6.07 Å². The van der Waals surface area contributed by atoms with Gasteiger partial charge in [0.25, 0.3) is 0 Å². The van der Waals surface area contributed by atoms with E-state index in [1.165, 1.54) is 5.69 Å². The Balaban J connectivity index is 1.91. The summed E-state index contributed by atoms with van der Waals surface area (Å²) in [6.07, 6.45) is 4.78. The summed E-state index contributed by atoms with van der Waals surface area (Å²) in [5.74, 6) is 0. The number of hydrogen-bond donors (Lipinski definition) is 0. The monoisotopic (exact) mass is 293 g/mol. The second-order valence-electron chi connectivity index (χ2n) is 4.53. The van der Waals surface area contributed by atoms with Crippen LogP contribution in [0.2, 0.25) is 10.0 Å². The van der Waals surface area contributed by atoms with Gasteiger partial charge in [-0.1, -0.05) is 23.2 Å². The van der Waals surface area contributed by atoms with Crippen molar-refractivity contribution in [3.63, 3.8) is 0 Å². The molecule has 2 aromatic heterocycles. The third kappa shape index (κ3) is 2.36. The number of fused-ring (bicyclic) bond motifs is 1. The molecule has 3 rings (SSSR count). The van der Waals surface area contributed by atoms with Gasteiger partial charge in [0.05, 0.1) is 10.5 Å². The topological polar surface area (TPSA) is 22.8 Å². The normalized spacial score (nSPS) is 11.3. The molecule has 98 valence electrons. The number of nitrogens with zero attached hydrogens (tertiary/aromatic N) is 3. The minimum absolute atomic E-state index is 0.665. The lowest BCUT2D eigenvalue weighted by molar-refractivity contribution is 0.649. The second kappa shape index (κ2) is 4.91. The van der Waals surface area contributed by atoms with Crippen molar-refractivity contribution in [2.45, 2.75) is 13.0 Å². The van der Waals surface area contributed by atoms with Gasteiger partial charge in [0.1, 0.15) is 0 Å². The standard InChI is InChI=1S/C14H13Cl2N3/c1-18-11(2-5-17-18)3-6-19-7-4-12-13(16)8-10(15)9-14(12)19/h2,4-5,7-9H,3,6H2,1H3. The van der Waals surface area contributed by atoms with E-state index in [1.807, 2.05) is 42.3 Å². The Morgan fingerprint density at radius 1 is 1.21 bits per heavy atom. The highest BCUT2D eigenvalue weighted by Gasteiger charge is 2.07. The van der Waals surface area contributed by atoms with E-state index in [2.05, 4.69) is 9.67 Å². The number of hydrogen-bond acceptors (Lipinski definition) is 1. The molecule has 0 bridgehead atoms. The Kier molecular flexibility index (Phi) is 3.25. The summed E-state index contributed by atoms with van der Waals surface area (Å²) in [6.45, 7) is 0.875. The van der Waals surface area contributed by atoms with Crippen molar-refractivity contribution < 1.29 is 0 Å². The van der Waals surface area contributed by atoms with Gasteiger partial charge in [-0.3, -0.25) is 4.68 Å². The number of rotatable bonds is 3. The van der Waals surface area contributed by atoms with Gasteiger partial charge in [-0.15, -0.1) is 0 Å². The zero-order chi connectivity index (χ0) is 13.4. The Morgan fingerprint density at radius 3 is 2.79 bits per heavy atom. The molecule has 2 heterocycles. The molecule has 0 N–H and O–H groups in total. The van der Waals surface area contributed by atoms with Crippen LogP contribution in [0.4, 0.5) is 0 Å². The summed E-state index contributed by atoms with van der Waals surface area (Å²) >= 11 is 12.3. The molecule has 0 amide bonds. The molecular weight excluding hydrogens is 281 g/mol. The summed E-state index contributed by atoms with van der Waals surface area (Å²) in [5, 5.41) is 6.57. The molecule has 0 saturated carbocycles. The number of halogens is 2. The SMILES string of the molecule is Cn1nccc1CCn1ccc2c(Cl)cc(Cl)cc21.